The average molecular weight is 585 g/mol. The highest BCUT2D eigenvalue weighted by Crippen LogP contribution is 2.30. The van der Waals surface area contributed by atoms with E-state index in [9.17, 15) is 0 Å². The molecule has 0 spiro atoms. The van der Waals surface area contributed by atoms with Crippen molar-refractivity contribution in [3.63, 3.8) is 0 Å². The smallest absolute Gasteiger partial charge is 0.123 e. The fourth-order valence-electron chi connectivity index (χ4n) is 5.72. The van der Waals surface area contributed by atoms with Gasteiger partial charge in [-0.3, -0.25) is 0 Å². The second-order valence-electron chi connectivity index (χ2n) is 10.6. The molecule has 5 heterocycles. The zero-order chi connectivity index (χ0) is 30.2. The SMILES string of the molecule is COc1cc(OC)cc(C2=c3ccc([nH]3)=Cc3ccc([nH]3)C(c3cc(OC)cc(OC)c3)=c3ccc([nH]3)=Cc3ccc2[nH]3)c1. The molecule has 0 unspecified atom stereocenters. The second kappa shape index (κ2) is 11.1. The molecular formula is C36H32N4O4. The second-order valence-corrected chi connectivity index (χ2v) is 10.6. The van der Waals surface area contributed by atoms with Crippen LogP contribution >= 0.6 is 0 Å². The third-order valence-electron chi connectivity index (χ3n) is 7.81. The van der Waals surface area contributed by atoms with Crippen LogP contribution in [0.4, 0.5) is 0 Å². The van der Waals surface area contributed by atoms with E-state index in [0.29, 0.717) is 23.0 Å². The fraction of sp³-hybridized carbons (Fsp3) is 0.111. The van der Waals surface area contributed by atoms with Gasteiger partial charge in [0.25, 0.3) is 0 Å². The molecule has 44 heavy (non-hydrogen) atoms. The van der Waals surface area contributed by atoms with Gasteiger partial charge in [-0.25, -0.2) is 0 Å². The summed E-state index contributed by atoms with van der Waals surface area (Å²) in [4.78, 5) is 14.5. The molecule has 0 fully saturated rings. The minimum atomic E-state index is 0.717. The van der Waals surface area contributed by atoms with Gasteiger partial charge in [0.15, 0.2) is 0 Å². The number of ether oxygens (including phenoxy) is 4. The molecule has 0 aliphatic carbocycles. The number of H-pyrrole nitrogens is 4. The summed E-state index contributed by atoms with van der Waals surface area (Å²) in [7, 11) is 6.64. The minimum Gasteiger partial charge on any atom is -0.497 e. The van der Waals surface area contributed by atoms with Crippen LogP contribution in [-0.4, -0.2) is 48.4 Å². The summed E-state index contributed by atoms with van der Waals surface area (Å²) in [5.74, 6) is 2.87. The number of fused-ring (bicyclic) bond motifs is 8. The van der Waals surface area contributed by atoms with E-state index in [0.717, 1.165) is 66.4 Å². The minimum absolute atomic E-state index is 0.717. The lowest BCUT2D eigenvalue weighted by Crippen LogP contribution is -2.16. The van der Waals surface area contributed by atoms with Gasteiger partial charge in [0.2, 0.25) is 0 Å². The predicted octanol–water partition coefficient (Wildman–Crippen LogP) is 3.50. The maximum Gasteiger partial charge on any atom is 0.123 e. The van der Waals surface area contributed by atoms with Gasteiger partial charge in [0, 0.05) is 67.5 Å². The van der Waals surface area contributed by atoms with Gasteiger partial charge in [-0.2, -0.15) is 0 Å². The molecule has 2 aromatic carbocycles. The molecule has 4 N–H and O–H groups in total. The van der Waals surface area contributed by atoms with Crippen molar-refractivity contribution < 1.29 is 18.9 Å². The van der Waals surface area contributed by atoms with Crippen LogP contribution in [0.3, 0.4) is 0 Å². The van der Waals surface area contributed by atoms with Crippen molar-refractivity contribution in [2.24, 2.45) is 0 Å². The number of aromatic nitrogens is 4. The van der Waals surface area contributed by atoms with Crippen LogP contribution in [0.2, 0.25) is 0 Å². The molecule has 8 nitrogen and oxygen atoms in total. The van der Waals surface area contributed by atoms with Gasteiger partial charge in [0.1, 0.15) is 23.0 Å². The number of nitrogens with one attached hydrogen (secondary N) is 4. The summed E-state index contributed by atoms with van der Waals surface area (Å²) in [6, 6.07) is 28.5. The Morgan fingerprint density at radius 3 is 1.16 bits per heavy atom. The summed E-state index contributed by atoms with van der Waals surface area (Å²) >= 11 is 0. The molecular weight excluding hydrogens is 552 g/mol. The van der Waals surface area contributed by atoms with Crippen LogP contribution in [-0.2, 0) is 0 Å². The van der Waals surface area contributed by atoms with Crippen molar-refractivity contribution in [1.29, 1.82) is 0 Å². The first kappa shape index (κ1) is 27.1. The van der Waals surface area contributed by atoms with E-state index in [-0.39, 0.29) is 0 Å². The van der Waals surface area contributed by atoms with E-state index in [1.165, 1.54) is 0 Å². The predicted molar refractivity (Wildman–Crippen MR) is 171 cm³/mol. The first-order valence-corrected chi connectivity index (χ1v) is 14.2. The van der Waals surface area contributed by atoms with Crippen molar-refractivity contribution in [2.75, 3.05) is 28.4 Å². The maximum atomic E-state index is 5.60. The first-order valence-electron chi connectivity index (χ1n) is 14.2. The highest BCUT2D eigenvalue weighted by atomic mass is 16.5. The van der Waals surface area contributed by atoms with Crippen molar-refractivity contribution in [1.82, 2.24) is 19.9 Å². The lowest BCUT2D eigenvalue weighted by molar-refractivity contribution is 0.394. The Kier molecular flexibility index (Phi) is 6.86. The Morgan fingerprint density at radius 1 is 0.409 bits per heavy atom. The van der Waals surface area contributed by atoms with Crippen molar-refractivity contribution in [3.8, 4) is 23.0 Å². The topological polar surface area (TPSA) is 100 Å². The molecule has 0 atom stereocenters. The van der Waals surface area contributed by atoms with E-state index in [4.69, 9.17) is 18.9 Å². The van der Waals surface area contributed by atoms with Crippen LogP contribution in [0.15, 0.2) is 84.9 Å². The average Bonchev–Trinajstić information content (AvgIpc) is 3.87. The largest absolute Gasteiger partial charge is 0.497 e. The third kappa shape index (κ3) is 5.07. The first-order chi connectivity index (χ1) is 21.5. The zero-order valence-electron chi connectivity index (χ0n) is 24.9. The molecule has 8 bridgehead atoms. The lowest BCUT2D eigenvalue weighted by atomic mass is 10.0. The van der Waals surface area contributed by atoms with Gasteiger partial charge in [-0.1, -0.05) is 0 Å². The van der Waals surface area contributed by atoms with Gasteiger partial charge < -0.3 is 38.9 Å². The monoisotopic (exact) mass is 584 g/mol. The number of aromatic amines is 4. The molecule has 0 radical (unpaired) electrons. The molecule has 7 rings (SSSR count). The van der Waals surface area contributed by atoms with Gasteiger partial charge in [-0.15, -0.1) is 0 Å². The van der Waals surface area contributed by atoms with Crippen molar-refractivity contribution >= 4 is 23.3 Å². The Balaban J connectivity index is 1.50. The van der Waals surface area contributed by atoms with E-state index in [1.54, 1.807) is 28.4 Å². The molecule has 6 aromatic rings. The normalized spacial score (nSPS) is 12.4. The maximum absolute atomic E-state index is 5.60. The number of rotatable bonds is 6. The standard InChI is InChI=1S/C36H32N4O4/c1-41-27-13-21(14-28(19-27)42-2)35-31-9-5-23(37-31)17-25-7-11-33(39-25)36(22-15-29(43-3)20-30(16-22)44-4)34-12-8-26(40-34)18-24-6-10-32(35)38-24/h5-20,37-40H,1-4H3. The third-order valence-corrected chi connectivity index (χ3v) is 7.81. The summed E-state index contributed by atoms with van der Waals surface area (Å²) in [6.07, 6.45) is 4.20. The van der Waals surface area contributed by atoms with Gasteiger partial charge >= 0.3 is 0 Å². The molecule has 1 aliphatic heterocycles. The molecule has 1 aliphatic rings. The lowest BCUT2D eigenvalue weighted by Gasteiger charge is -2.11. The van der Waals surface area contributed by atoms with E-state index >= 15 is 0 Å². The highest BCUT2D eigenvalue weighted by molar-refractivity contribution is 5.80. The van der Waals surface area contributed by atoms with Crippen molar-refractivity contribution in [2.45, 2.75) is 0 Å². The molecule has 0 amide bonds. The summed E-state index contributed by atoms with van der Waals surface area (Å²) < 4.78 is 22.4. The molecule has 4 aromatic heterocycles. The van der Waals surface area contributed by atoms with Gasteiger partial charge in [0.05, 0.1) is 28.4 Å². The quantitative estimate of drug-likeness (QED) is 0.241. The fourth-order valence-corrected chi connectivity index (χ4v) is 5.72. The Hall–Kier alpha value is -5.76. The number of benzene rings is 2. The zero-order valence-corrected chi connectivity index (χ0v) is 24.9. The summed E-state index contributed by atoms with van der Waals surface area (Å²) in [5, 5.41) is 3.82. The Morgan fingerprint density at radius 2 is 0.795 bits per heavy atom. The van der Waals surface area contributed by atoms with Crippen LogP contribution in [0, 0.1) is 0 Å². The van der Waals surface area contributed by atoms with Crippen LogP contribution in [0.5, 0.6) is 23.0 Å². The van der Waals surface area contributed by atoms with Gasteiger partial charge in [-0.05, 0) is 96.1 Å². The molecule has 220 valence electrons. The van der Waals surface area contributed by atoms with E-state index in [1.807, 2.05) is 36.4 Å². The summed E-state index contributed by atoms with van der Waals surface area (Å²) in [5.41, 5.74) is 7.73. The van der Waals surface area contributed by atoms with Crippen LogP contribution in [0.25, 0.3) is 23.3 Å². The number of hydrogen-bond acceptors (Lipinski definition) is 4. The summed E-state index contributed by atoms with van der Waals surface area (Å²) in [6.45, 7) is 0. The van der Waals surface area contributed by atoms with Crippen LogP contribution < -0.4 is 40.3 Å². The highest BCUT2D eigenvalue weighted by Gasteiger charge is 2.15. The Labute approximate surface area is 253 Å². The Bertz CT molecular complexity index is 2040. The molecule has 0 saturated heterocycles. The number of hydrogen-bond donors (Lipinski definition) is 4. The van der Waals surface area contributed by atoms with E-state index in [2.05, 4.69) is 80.6 Å². The van der Waals surface area contributed by atoms with E-state index < -0.39 is 0 Å². The molecule has 8 heteroatoms. The molecule has 0 saturated carbocycles. The van der Waals surface area contributed by atoms with Crippen LogP contribution in [0.1, 0.15) is 33.9 Å². The number of methoxy groups -OCH3 is 4. The van der Waals surface area contributed by atoms with Crippen molar-refractivity contribution in [3.05, 3.63) is 140 Å².